The summed E-state index contributed by atoms with van der Waals surface area (Å²) in [6.45, 7) is 2.30. The fraction of sp³-hybridized carbons (Fsp3) is 0.545. The number of rotatable bonds is 2. The molecule has 70 valence electrons. The lowest BCUT2D eigenvalue weighted by Gasteiger charge is -2.33. The van der Waals surface area contributed by atoms with Crippen LogP contribution in [0, 0.1) is 11.8 Å². The fourth-order valence-corrected chi connectivity index (χ4v) is 2.11. The van der Waals surface area contributed by atoms with Crippen LogP contribution in [0.5, 0.6) is 0 Å². The first-order valence-electron chi connectivity index (χ1n) is 4.85. The number of esters is 1. The van der Waals surface area contributed by atoms with Gasteiger partial charge in [0.05, 0.1) is 6.61 Å². The summed E-state index contributed by atoms with van der Waals surface area (Å²) < 4.78 is 4.86. The van der Waals surface area contributed by atoms with Gasteiger partial charge in [0.2, 0.25) is 0 Å². The number of allylic oxidation sites excluding steroid dienone is 3. The molecule has 2 atom stereocenters. The average Bonchev–Trinajstić information content (AvgIpc) is 2.43. The molecule has 0 bridgehead atoms. The highest BCUT2D eigenvalue weighted by atomic mass is 16.5. The van der Waals surface area contributed by atoms with Gasteiger partial charge in [0, 0.05) is 6.08 Å². The highest BCUT2D eigenvalue weighted by Gasteiger charge is 2.36. The van der Waals surface area contributed by atoms with Crippen LogP contribution in [0.4, 0.5) is 0 Å². The van der Waals surface area contributed by atoms with E-state index in [1.54, 1.807) is 6.08 Å². The smallest absolute Gasteiger partial charge is 0.330 e. The van der Waals surface area contributed by atoms with E-state index in [0.717, 1.165) is 12.8 Å². The van der Waals surface area contributed by atoms with E-state index >= 15 is 0 Å². The molecule has 0 spiro atoms. The lowest BCUT2D eigenvalue weighted by molar-refractivity contribution is -0.137. The molecule has 2 rings (SSSR count). The summed E-state index contributed by atoms with van der Waals surface area (Å²) >= 11 is 0. The number of fused-ring (bicyclic) bond motifs is 1. The van der Waals surface area contributed by atoms with Crippen LogP contribution in [-0.2, 0) is 9.53 Å². The van der Waals surface area contributed by atoms with Crippen molar-refractivity contribution in [3.05, 3.63) is 23.8 Å². The summed E-state index contributed by atoms with van der Waals surface area (Å²) in [4.78, 5) is 11.1. The topological polar surface area (TPSA) is 26.3 Å². The third kappa shape index (κ3) is 1.53. The van der Waals surface area contributed by atoms with Crippen LogP contribution in [-0.4, -0.2) is 12.6 Å². The number of hydrogen-bond donors (Lipinski definition) is 0. The summed E-state index contributed by atoms with van der Waals surface area (Å²) in [5.74, 6) is 1.15. The molecule has 0 unspecified atom stereocenters. The molecule has 0 heterocycles. The maximum Gasteiger partial charge on any atom is 0.330 e. The Morgan fingerprint density at radius 2 is 2.62 bits per heavy atom. The van der Waals surface area contributed by atoms with Gasteiger partial charge in [-0.1, -0.05) is 17.7 Å². The minimum absolute atomic E-state index is 0.178. The first-order chi connectivity index (χ1) is 6.31. The van der Waals surface area contributed by atoms with Crippen LogP contribution >= 0.6 is 0 Å². The van der Waals surface area contributed by atoms with Gasteiger partial charge in [-0.3, -0.25) is 0 Å². The monoisotopic (exact) mass is 178 g/mol. The zero-order chi connectivity index (χ0) is 9.26. The Morgan fingerprint density at radius 1 is 1.77 bits per heavy atom. The predicted molar refractivity (Wildman–Crippen MR) is 50.1 cm³/mol. The second-order valence-corrected chi connectivity index (χ2v) is 3.61. The van der Waals surface area contributed by atoms with Gasteiger partial charge in [-0.2, -0.15) is 0 Å². The Labute approximate surface area is 78.3 Å². The summed E-state index contributed by atoms with van der Waals surface area (Å²) in [6, 6.07) is 0. The fourth-order valence-electron chi connectivity index (χ4n) is 2.11. The molecule has 1 saturated carbocycles. The highest BCUT2D eigenvalue weighted by Crippen LogP contribution is 2.46. The Kier molecular flexibility index (Phi) is 2.21. The lowest BCUT2D eigenvalue weighted by atomic mass is 9.71. The largest absolute Gasteiger partial charge is 0.463 e. The van der Waals surface area contributed by atoms with Crippen LogP contribution in [0.15, 0.2) is 23.8 Å². The van der Waals surface area contributed by atoms with E-state index in [1.165, 1.54) is 5.57 Å². The third-order valence-corrected chi connectivity index (χ3v) is 2.83. The minimum Gasteiger partial charge on any atom is -0.463 e. The van der Waals surface area contributed by atoms with Crippen molar-refractivity contribution in [2.45, 2.75) is 19.8 Å². The second-order valence-electron chi connectivity index (χ2n) is 3.61. The van der Waals surface area contributed by atoms with Crippen molar-refractivity contribution in [3.63, 3.8) is 0 Å². The maximum absolute atomic E-state index is 11.1. The van der Waals surface area contributed by atoms with Gasteiger partial charge in [-0.15, -0.1) is 0 Å². The maximum atomic E-state index is 11.1. The molecule has 0 aliphatic heterocycles. The van der Waals surface area contributed by atoms with Crippen molar-refractivity contribution in [2.75, 3.05) is 6.61 Å². The molecule has 13 heavy (non-hydrogen) atoms. The molecule has 2 aliphatic carbocycles. The SMILES string of the molecule is CCOC(=O)/C=C1/C[C@@H]2C=CC[C@H]12. The standard InChI is InChI=1S/C11H14O2/c1-2-13-11(12)7-9-6-8-4-3-5-10(8)9/h3-4,7-8,10H,2,5-6H2,1H3/b9-7-/t8-,10-/m0/s1. The van der Waals surface area contributed by atoms with Gasteiger partial charge in [0.1, 0.15) is 0 Å². The van der Waals surface area contributed by atoms with Crippen molar-refractivity contribution in [3.8, 4) is 0 Å². The zero-order valence-corrected chi connectivity index (χ0v) is 7.82. The van der Waals surface area contributed by atoms with Gasteiger partial charge in [0.25, 0.3) is 0 Å². The van der Waals surface area contributed by atoms with Crippen molar-refractivity contribution < 1.29 is 9.53 Å². The van der Waals surface area contributed by atoms with E-state index in [0.29, 0.717) is 18.4 Å². The number of carbonyl (C=O) groups excluding carboxylic acids is 1. The van der Waals surface area contributed by atoms with Crippen LogP contribution in [0.2, 0.25) is 0 Å². The first-order valence-corrected chi connectivity index (χ1v) is 4.85. The first kappa shape index (κ1) is 8.54. The van der Waals surface area contributed by atoms with Gasteiger partial charge in [0.15, 0.2) is 0 Å². The molecular weight excluding hydrogens is 164 g/mol. The predicted octanol–water partition coefficient (Wildman–Crippen LogP) is 2.07. The molecule has 0 aromatic heterocycles. The molecule has 1 fully saturated rings. The average molecular weight is 178 g/mol. The number of ether oxygens (including phenoxy) is 1. The van der Waals surface area contributed by atoms with E-state index in [9.17, 15) is 4.79 Å². The van der Waals surface area contributed by atoms with E-state index in [2.05, 4.69) is 12.2 Å². The lowest BCUT2D eigenvalue weighted by Crippen LogP contribution is -2.24. The molecule has 0 radical (unpaired) electrons. The molecule has 0 amide bonds. The molecule has 0 aromatic rings. The van der Waals surface area contributed by atoms with E-state index in [1.807, 2.05) is 6.92 Å². The summed E-state index contributed by atoms with van der Waals surface area (Å²) in [5.41, 5.74) is 1.27. The van der Waals surface area contributed by atoms with Crippen LogP contribution in [0.1, 0.15) is 19.8 Å². The Morgan fingerprint density at radius 3 is 3.31 bits per heavy atom. The Bertz CT molecular complexity index is 276. The van der Waals surface area contributed by atoms with Crippen molar-refractivity contribution in [1.82, 2.24) is 0 Å². The van der Waals surface area contributed by atoms with Gasteiger partial charge >= 0.3 is 5.97 Å². The summed E-state index contributed by atoms with van der Waals surface area (Å²) in [7, 11) is 0. The van der Waals surface area contributed by atoms with Crippen LogP contribution < -0.4 is 0 Å². The summed E-state index contributed by atoms with van der Waals surface area (Å²) in [6.07, 6.45) is 8.31. The molecule has 2 heteroatoms. The Balaban J connectivity index is 1.93. The molecular formula is C11H14O2. The minimum atomic E-state index is -0.178. The zero-order valence-electron chi connectivity index (χ0n) is 7.82. The molecule has 2 aliphatic rings. The normalized spacial score (nSPS) is 32.8. The van der Waals surface area contributed by atoms with Crippen LogP contribution in [0.25, 0.3) is 0 Å². The van der Waals surface area contributed by atoms with Crippen molar-refractivity contribution in [2.24, 2.45) is 11.8 Å². The quantitative estimate of drug-likeness (QED) is 0.367. The van der Waals surface area contributed by atoms with E-state index < -0.39 is 0 Å². The van der Waals surface area contributed by atoms with E-state index in [4.69, 9.17) is 4.74 Å². The third-order valence-electron chi connectivity index (χ3n) is 2.83. The molecule has 2 nitrogen and oxygen atoms in total. The molecule has 0 saturated heterocycles. The van der Waals surface area contributed by atoms with Crippen molar-refractivity contribution in [1.29, 1.82) is 0 Å². The van der Waals surface area contributed by atoms with E-state index in [-0.39, 0.29) is 5.97 Å². The second kappa shape index (κ2) is 3.36. The Hall–Kier alpha value is -1.05. The highest BCUT2D eigenvalue weighted by molar-refractivity contribution is 5.83. The van der Waals surface area contributed by atoms with Gasteiger partial charge in [-0.05, 0) is 31.6 Å². The van der Waals surface area contributed by atoms with Gasteiger partial charge < -0.3 is 4.74 Å². The van der Waals surface area contributed by atoms with Gasteiger partial charge in [-0.25, -0.2) is 4.79 Å². The van der Waals surface area contributed by atoms with Crippen molar-refractivity contribution >= 4 is 5.97 Å². The van der Waals surface area contributed by atoms with Crippen LogP contribution in [0.3, 0.4) is 0 Å². The summed E-state index contributed by atoms with van der Waals surface area (Å²) in [5, 5.41) is 0. The molecule has 0 N–H and O–H groups in total. The number of hydrogen-bond acceptors (Lipinski definition) is 2. The molecule has 0 aromatic carbocycles. The number of carbonyl (C=O) groups is 1.